The van der Waals surface area contributed by atoms with E-state index in [1.165, 1.54) is 0 Å². The van der Waals surface area contributed by atoms with Gasteiger partial charge in [-0.3, -0.25) is 23.9 Å². The van der Waals surface area contributed by atoms with Crippen LogP contribution in [-0.4, -0.2) is 90.3 Å². The second-order valence-electron chi connectivity index (χ2n) is 18.3. The third-order valence-corrected chi connectivity index (χ3v) is 15.3. The summed E-state index contributed by atoms with van der Waals surface area (Å²) in [6.07, 6.45) is 6.53. The van der Waals surface area contributed by atoms with Crippen LogP contribution in [0.5, 0.6) is 11.5 Å². The molecule has 0 bridgehead atoms. The number of rotatable bonds is 16. The van der Waals surface area contributed by atoms with Crippen LogP contribution in [-0.2, 0) is 29.2 Å². The summed E-state index contributed by atoms with van der Waals surface area (Å²) >= 11 is 0. The van der Waals surface area contributed by atoms with Crippen LogP contribution < -0.4 is 14.2 Å². The number of methoxy groups -OCH3 is 1. The Morgan fingerprint density at radius 3 is 2.35 bits per heavy atom. The highest BCUT2D eigenvalue weighted by Crippen LogP contribution is 2.57. The maximum atomic E-state index is 15.0. The molecule has 3 amide bonds. The summed E-state index contributed by atoms with van der Waals surface area (Å²) in [5.74, 6) is -1.55. The second-order valence-corrected chi connectivity index (χ2v) is 20.3. The van der Waals surface area contributed by atoms with Gasteiger partial charge in [-0.05, 0) is 68.4 Å². The predicted octanol–water partition coefficient (Wildman–Crippen LogP) is 7.03. The van der Waals surface area contributed by atoms with Gasteiger partial charge in [0.2, 0.25) is 27.7 Å². The molecular weight excluding hydrogens is 781 g/mol. The fraction of sp³-hybridized carbons (Fsp3) is 0.511. The number of sulfonamides is 1. The number of nitrogens with zero attached hydrogens (tertiary/aromatic N) is 3. The number of hydrogen-bond acceptors (Lipinski definition) is 9. The molecule has 2 saturated heterocycles. The minimum absolute atomic E-state index is 0.00225. The molecule has 12 nitrogen and oxygen atoms in total. The van der Waals surface area contributed by atoms with Crippen molar-refractivity contribution >= 4 is 44.4 Å². The molecule has 5 atom stereocenters. The molecule has 2 aliphatic heterocycles. The first-order valence-corrected chi connectivity index (χ1v) is 22.6. The number of ketones is 1. The molecule has 3 heterocycles. The van der Waals surface area contributed by atoms with Gasteiger partial charge in [0, 0.05) is 55.4 Å². The minimum atomic E-state index is -4.05. The maximum absolute atomic E-state index is 15.0. The van der Waals surface area contributed by atoms with Gasteiger partial charge in [0.05, 0.1) is 47.0 Å². The van der Waals surface area contributed by atoms with Gasteiger partial charge in [0.15, 0.2) is 5.78 Å². The fourth-order valence-corrected chi connectivity index (χ4v) is 10.8. The number of ether oxygens (including phenoxy) is 2. The average Bonchev–Trinajstić information content (AvgIpc) is 4.14. The Kier molecular flexibility index (Phi) is 12.0. The topological polar surface area (TPSA) is 152 Å². The number of aromatic nitrogens is 1. The van der Waals surface area contributed by atoms with Gasteiger partial charge in [0.1, 0.15) is 17.6 Å². The number of piperidine rings is 1. The van der Waals surface area contributed by atoms with E-state index in [0.29, 0.717) is 48.6 Å². The van der Waals surface area contributed by atoms with Crippen LogP contribution in [0.4, 0.5) is 0 Å². The molecule has 13 heteroatoms. The summed E-state index contributed by atoms with van der Waals surface area (Å²) in [5.41, 5.74) is 0.217. The molecule has 2 aromatic carbocycles. The van der Waals surface area contributed by atoms with Crippen LogP contribution >= 0.6 is 0 Å². The van der Waals surface area contributed by atoms with Crippen molar-refractivity contribution < 1.29 is 37.1 Å². The molecule has 2 saturated carbocycles. The van der Waals surface area contributed by atoms with Gasteiger partial charge in [-0.25, -0.2) is 13.4 Å². The number of pyridine rings is 1. The smallest absolute Gasteiger partial charge is 0.240 e. The number of carbonyl (C=O) groups excluding carboxylic acids is 4. The van der Waals surface area contributed by atoms with Crippen molar-refractivity contribution in [2.45, 2.75) is 102 Å². The lowest BCUT2D eigenvalue weighted by Gasteiger charge is -2.36. The van der Waals surface area contributed by atoms with E-state index in [-0.39, 0.29) is 56.2 Å². The van der Waals surface area contributed by atoms with Gasteiger partial charge >= 0.3 is 0 Å². The zero-order valence-corrected chi connectivity index (χ0v) is 36.1. The Morgan fingerprint density at radius 2 is 1.73 bits per heavy atom. The number of Topliss-reactive ketones (excluding diaryl/α,β-unsaturated/α-hetero) is 1. The van der Waals surface area contributed by atoms with Crippen molar-refractivity contribution in [1.29, 1.82) is 0 Å². The highest BCUT2D eigenvalue weighted by atomic mass is 32.2. The van der Waals surface area contributed by atoms with E-state index in [0.717, 1.165) is 30.2 Å². The van der Waals surface area contributed by atoms with E-state index in [1.54, 1.807) is 24.2 Å². The van der Waals surface area contributed by atoms with Gasteiger partial charge in [-0.1, -0.05) is 63.3 Å². The van der Waals surface area contributed by atoms with Crippen molar-refractivity contribution in [1.82, 2.24) is 19.5 Å². The molecule has 3 aromatic rings. The summed E-state index contributed by atoms with van der Waals surface area (Å²) in [6.45, 7) is 14.7. The Bertz CT molecular complexity index is 2280. The molecule has 4 aliphatic rings. The predicted molar refractivity (Wildman–Crippen MR) is 230 cm³/mol. The van der Waals surface area contributed by atoms with Crippen LogP contribution in [0.15, 0.2) is 79.9 Å². The standard InChI is InChI=1S/C47H58N4O8S/c1-7-19-46(20-21-46)60(56,57)49-44(55)47(28-32(47)8-2)29-40(52)39-25-34(30-51(39)43(54)36(45(3,4)5)26-42(53)50-22-13-10-14-23-50)59-41-27-37(31-15-11-9-12-16-31)48-38-24-33(58-6)17-18-35(38)41/h7-9,11-12,15-18,24,27,32,34,36,39H,1-2,10,13-14,19-23,25-26,28-30H2,3-6H3,(H,49,55)/t32-,34-,36-,39+,47-/m1/s1. The van der Waals surface area contributed by atoms with Gasteiger partial charge in [-0.15, -0.1) is 13.2 Å². The van der Waals surface area contributed by atoms with Gasteiger partial charge in [0.25, 0.3) is 0 Å². The molecule has 0 unspecified atom stereocenters. The molecule has 7 rings (SSSR count). The number of carbonyl (C=O) groups is 4. The Hall–Kier alpha value is -5.04. The van der Waals surface area contributed by atoms with Crippen LogP contribution in [0.25, 0.3) is 22.2 Å². The quantitative estimate of drug-likeness (QED) is 0.150. The third kappa shape index (κ3) is 8.60. The van der Waals surface area contributed by atoms with Crippen molar-refractivity contribution in [3.8, 4) is 22.8 Å². The van der Waals surface area contributed by atoms with E-state index < -0.39 is 55.5 Å². The van der Waals surface area contributed by atoms with E-state index in [1.807, 2.05) is 80.3 Å². The first kappa shape index (κ1) is 43.1. The summed E-state index contributed by atoms with van der Waals surface area (Å²) in [5, 5.41) is 0.719. The van der Waals surface area contributed by atoms with E-state index in [4.69, 9.17) is 14.5 Å². The maximum Gasteiger partial charge on any atom is 0.240 e. The molecule has 0 radical (unpaired) electrons. The highest BCUT2D eigenvalue weighted by molar-refractivity contribution is 7.91. The first-order valence-electron chi connectivity index (χ1n) is 21.2. The van der Waals surface area contributed by atoms with Crippen LogP contribution in [0.2, 0.25) is 0 Å². The van der Waals surface area contributed by atoms with Crippen LogP contribution in [0.1, 0.15) is 85.0 Å². The Labute approximate surface area is 353 Å². The van der Waals surface area contributed by atoms with Crippen molar-refractivity contribution in [2.24, 2.45) is 22.7 Å². The Morgan fingerprint density at radius 1 is 1.02 bits per heavy atom. The van der Waals surface area contributed by atoms with Crippen molar-refractivity contribution in [2.75, 3.05) is 26.7 Å². The highest BCUT2D eigenvalue weighted by Gasteiger charge is 2.63. The molecule has 1 aromatic heterocycles. The summed E-state index contributed by atoms with van der Waals surface area (Å²) < 4.78 is 40.6. The van der Waals surface area contributed by atoms with Crippen molar-refractivity contribution in [3.63, 3.8) is 0 Å². The molecule has 1 N–H and O–H groups in total. The third-order valence-electron chi connectivity index (χ3n) is 13.2. The monoisotopic (exact) mass is 838 g/mol. The van der Waals surface area contributed by atoms with Crippen LogP contribution in [0, 0.1) is 22.7 Å². The molecule has 320 valence electrons. The summed E-state index contributed by atoms with van der Waals surface area (Å²) in [7, 11) is -2.46. The molecule has 4 fully saturated rings. The number of nitrogens with one attached hydrogen (secondary N) is 1. The van der Waals surface area contributed by atoms with E-state index in [9.17, 15) is 27.6 Å². The second kappa shape index (κ2) is 16.8. The zero-order valence-electron chi connectivity index (χ0n) is 35.3. The molecule has 60 heavy (non-hydrogen) atoms. The van der Waals surface area contributed by atoms with E-state index in [2.05, 4.69) is 17.9 Å². The first-order chi connectivity index (χ1) is 28.5. The SMILES string of the molecule is C=CCC1(S(=O)(=O)NC(=O)[C@@]2(CC(=O)[C@@H]3C[C@@H](Oc4cc(-c5ccccc5)nc5cc(OC)ccc45)CN3C(=O)[C@@H](CC(=O)N3CCCCC3)C(C)(C)C)C[C@H]2C=C)CC1. The zero-order chi connectivity index (χ0) is 43.0. The number of fused-ring (bicyclic) bond motifs is 1. The molecule has 0 spiro atoms. The Balaban J connectivity index is 1.21. The number of allylic oxidation sites excluding steroid dienone is 2. The van der Waals surface area contributed by atoms with E-state index >= 15 is 0 Å². The normalized spacial score (nSPS) is 24.0. The number of benzene rings is 2. The lowest BCUT2D eigenvalue weighted by Crippen LogP contribution is -2.50. The summed E-state index contributed by atoms with van der Waals surface area (Å²) in [4.78, 5) is 65.8. The molecular formula is C47H58N4O8S. The molecule has 2 aliphatic carbocycles. The van der Waals surface area contributed by atoms with Gasteiger partial charge < -0.3 is 19.3 Å². The minimum Gasteiger partial charge on any atom is -0.497 e. The average molecular weight is 839 g/mol. The number of likely N-dealkylation sites (tertiary alicyclic amines) is 2. The van der Waals surface area contributed by atoms with Crippen LogP contribution in [0.3, 0.4) is 0 Å². The lowest BCUT2D eigenvalue weighted by molar-refractivity contribution is -0.148. The lowest BCUT2D eigenvalue weighted by atomic mass is 9.77. The van der Waals surface area contributed by atoms with Crippen molar-refractivity contribution in [3.05, 3.63) is 79.9 Å². The summed E-state index contributed by atoms with van der Waals surface area (Å²) in [6, 6.07) is 16.1. The van der Waals surface area contributed by atoms with Gasteiger partial charge in [-0.2, -0.15) is 0 Å². The number of hydrogen-bond donors (Lipinski definition) is 1. The largest absolute Gasteiger partial charge is 0.497 e. The fourth-order valence-electron chi connectivity index (χ4n) is 9.11. The number of amides is 3.